The number of hydrogen-bond acceptors (Lipinski definition) is 9. The van der Waals surface area contributed by atoms with Crippen LogP contribution in [0.25, 0.3) is 22.3 Å². The lowest BCUT2D eigenvalue weighted by atomic mass is 10.1. The number of nitrogen functional groups attached to an aromatic ring is 1. The molecule has 1 atom stereocenters. The third-order valence-corrected chi connectivity index (χ3v) is 6.09. The number of nitrogens with zero attached hydrogens (tertiary/aromatic N) is 5. The molecule has 0 fully saturated rings. The standard InChI is InChI=1S/C23H19ClF6N8O3/c24-13-6-32-19(36-18(13)31)11-5-15-12(4-14(11)25)21(40)38(9-33-15)3-1-2-10(8-41-22(26)27)35-16-7-34-37-20(39)17(16)23(28,29)30/h4-7,9-10,22H,1-3,8H2,(H2,31,32,36)(H2,35,37,39). The number of aryl methyl sites for hydroxylation is 1. The van der Waals surface area contributed by atoms with E-state index < -0.39 is 53.6 Å². The highest BCUT2D eigenvalue weighted by Crippen LogP contribution is 2.32. The predicted octanol–water partition coefficient (Wildman–Crippen LogP) is 3.83. The molecular weight excluding hydrogens is 586 g/mol. The monoisotopic (exact) mass is 604 g/mol. The number of anilines is 2. The van der Waals surface area contributed by atoms with E-state index in [0.717, 1.165) is 10.6 Å². The van der Waals surface area contributed by atoms with Crippen molar-refractivity contribution in [2.75, 3.05) is 17.7 Å². The number of ether oxygens (including phenoxy) is 1. The molecule has 0 aliphatic rings. The maximum atomic E-state index is 14.9. The van der Waals surface area contributed by atoms with Gasteiger partial charge in [-0.05, 0) is 25.0 Å². The number of nitrogens with one attached hydrogen (secondary N) is 2. The van der Waals surface area contributed by atoms with Crippen molar-refractivity contribution >= 4 is 34.0 Å². The summed E-state index contributed by atoms with van der Waals surface area (Å²) in [6.07, 6.45) is -2.01. The molecule has 3 aromatic heterocycles. The van der Waals surface area contributed by atoms with Crippen molar-refractivity contribution < 1.29 is 31.1 Å². The summed E-state index contributed by atoms with van der Waals surface area (Å²) in [6, 6.07) is 1.07. The minimum atomic E-state index is -5.06. The zero-order valence-electron chi connectivity index (χ0n) is 20.6. The third kappa shape index (κ3) is 6.91. The van der Waals surface area contributed by atoms with Crippen molar-refractivity contribution in [1.29, 1.82) is 0 Å². The molecule has 0 aliphatic carbocycles. The van der Waals surface area contributed by atoms with Crippen LogP contribution < -0.4 is 22.2 Å². The van der Waals surface area contributed by atoms with Gasteiger partial charge in [-0.15, -0.1) is 0 Å². The van der Waals surface area contributed by atoms with Crippen molar-refractivity contribution in [3.63, 3.8) is 0 Å². The van der Waals surface area contributed by atoms with Crippen molar-refractivity contribution in [2.45, 2.75) is 38.2 Å². The average Bonchev–Trinajstić information content (AvgIpc) is 2.89. The molecule has 0 spiro atoms. The molecule has 11 nitrogen and oxygen atoms in total. The fraction of sp³-hybridized carbons (Fsp3) is 0.304. The van der Waals surface area contributed by atoms with Crippen molar-refractivity contribution in [3.8, 4) is 11.4 Å². The minimum absolute atomic E-state index is 0.0609. The molecule has 0 amide bonds. The Labute approximate surface area is 230 Å². The molecule has 0 bridgehead atoms. The highest BCUT2D eigenvalue weighted by molar-refractivity contribution is 6.32. The SMILES string of the molecule is Nc1nc(-c2cc3ncn(CCCC(COC(F)F)Nc4cn[nH]c(=O)c4C(F)(F)F)c(=O)c3cc2F)ncc1Cl. The van der Waals surface area contributed by atoms with Crippen LogP contribution >= 0.6 is 11.6 Å². The van der Waals surface area contributed by atoms with E-state index in [-0.39, 0.29) is 52.5 Å². The van der Waals surface area contributed by atoms with Gasteiger partial charge in [0.1, 0.15) is 22.2 Å². The second kappa shape index (κ2) is 12.1. The van der Waals surface area contributed by atoms with E-state index in [2.05, 4.69) is 30.1 Å². The number of halogens is 7. The first-order valence-electron chi connectivity index (χ1n) is 11.6. The Morgan fingerprint density at radius 1 is 1.17 bits per heavy atom. The van der Waals surface area contributed by atoms with Crippen molar-refractivity contribution in [1.82, 2.24) is 29.7 Å². The second-order valence-electron chi connectivity index (χ2n) is 8.58. The number of hydrogen-bond donors (Lipinski definition) is 3. The molecule has 0 radical (unpaired) electrons. The van der Waals surface area contributed by atoms with Crippen LogP contribution in [0.15, 0.2) is 40.4 Å². The predicted molar refractivity (Wildman–Crippen MR) is 135 cm³/mol. The summed E-state index contributed by atoms with van der Waals surface area (Å²) < 4.78 is 85.7. The van der Waals surface area contributed by atoms with Crippen LogP contribution in [0.1, 0.15) is 18.4 Å². The van der Waals surface area contributed by atoms with Gasteiger partial charge in [-0.1, -0.05) is 11.6 Å². The van der Waals surface area contributed by atoms with Crippen LogP contribution in [0, 0.1) is 5.82 Å². The Hall–Kier alpha value is -4.25. The third-order valence-electron chi connectivity index (χ3n) is 5.80. The van der Waals surface area contributed by atoms with Crippen LogP contribution in [0.3, 0.4) is 0 Å². The van der Waals surface area contributed by atoms with Crippen molar-refractivity contribution in [3.05, 3.63) is 68.0 Å². The summed E-state index contributed by atoms with van der Waals surface area (Å²) in [7, 11) is 0. The molecule has 4 N–H and O–H groups in total. The van der Waals surface area contributed by atoms with E-state index in [9.17, 15) is 35.9 Å². The summed E-state index contributed by atoms with van der Waals surface area (Å²) in [5, 5.41) is 7.35. The Bertz CT molecular complexity index is 1680. The lowest BCUT2D eigenvalue weighted by Crippen LogP contribution is -2.32. The van der Waals surface area contributed by atoms with Gasteiger partial charge in [-0.3, -0.25) is 14.2 Å². The van der Waals surface area contributed by atoms with Gasteiger partial charge >= 0.3 is 12.8 Å². The number of aromatic nitrogens is 6. The van der Waals surface area contributed by atoms with E-state index in [0.29, 0.717) is 6.20 Å². The molecule has 1 unspecified atom stereocenters. The molecule has 1 aromatic carbocycles. The minimum Gasteiger partial charge on any atom is -0.382 e. The fourth-order valence-corrected chi connectivity index (χ4v) is 4.01. The summed E-state index contributed by atoms with van der Waals surface area (Å²) in [5.41, 5.74) is 1.22. The zero-order chi connectivity index (χ0) is 29.9. The van der Waals surface area contributed by atoms with E-state index >= 15 is 0 Å². The summed E-state index contributed by atoms with van der Waals surface area (Å²) >= 11 is 5.80. The van der Waals surface area contributed by atoms with Gasteiger partial charge in [0, 0.05) is 12.6 Å². The molecule has 0 saturated heterocycles. The topological polar surface area (TPSA) is 154 Å². The number of benzene rings is 1. The van der Waals surface area contributed by atoms with E-state index in [4.69, 9.17) is 17.3 Å². The highest BCUT2D eigenvalue weighted by Gasteiger charge is 2.37. The molecular formula is C23H19ClF6N8O3. The number of nitrogens with two attached hydrogens (primary N) is 1. The normalized spacial score (nSPS) is 12.7. The Morgan fingerprint density at radius 2 is 1.93 bits per heavy atom. The van der Waals surface area contributed by atoms with Gasteiger partial charge in [0.2, 0.25) is 0 Å². The first kappa shape index (κ1) is 29.7. The lowest BCUT2D eigenvalue weighted by molar-refractivity contribution is -0.138. The van der Waals surface area contributed by atoms with E-state index in [1.807, 2.05) is 0 Å². The average molecular weight is 605 g/mol. The zero-order valence-corrected chi connectivity index (χ0v) is 21.3. The second-order valence-corrected chi connectivity index (χ2v) is 8.99. The Balaban J connectivity index is 1.53. The number of fused-ring (bicyclic) bond motifs is 1. The summed E-state index contributed by atoms with van der Waals surface area (Å²) in [5.74, 6) is -0.987. The molecule has 0 saturated carbocycles. The van der Waals surface area contributed by atoms with Crippen LogP contribution in [0.4, 0.5) is 37.8 Å². The summed E-state index contributed by atoms with van der Waals surface area (Å²) in [4.78, 5) is 36.7. The smallest absolute Gasteiger partial charge is 0.382 e. The number of rotatable bonds is 10. The van der Waals surface area contributed by atoms with Gasteiger partial charge in [-0.25, -0.2) is 24.4 Å². The molecule has 18 heteroatoms. The highest BCUT2D eigenvalue weighted by atomic mass is 35.5. The van der Waals surface area contributed by atoms with Gasteiger partial charge < -0.3 is 15.8 Å². The summed E-state index contributed by atoms with van der Waals surface area (Å²) in [6.45, 7) is -3.99. The fourth-order valence-electron chi connectivity index (χ4n) is 3.92. The maximum absolute atomic E-state index is 14.9. The van der Waals surface area contributed by atoms with Gasteiger partial charge in [0.15, 0.2) is 5.82 Å². The quantitative estimate of drug-likeness (QED) is 0.229. The van der Waals surface area contributed by atoms with Crippen LogP contribution in [0.5, 0.6) is 0 Å². The van der Waals surface area contributed by atoms with Crippen LogP contribution in [-0.4, -0.2) is 49.0 Å². The first-order valence-corrected chi connectivity index (χ1v) is 12.0. The first-order chi connectivity index (χ1) is 19.3. The number of H-pyrrole nitrogens is 1. The largest absolute Gasteiger partial charge is 0.423 e. The molecule has 0 aliphatic heterocycles. The van der Waals surface area contributed by atoms with Crippen molar-refractivity contribution in [2.24, 2.45) is 0 Å². The van der Waals surface area contributed by atoms with Gasteiger partial charge in [-0.2, -0.15) is 27.1 Å². The van der Waals surface area contributed by atoms with E-state index in [1.54, 1.807) is 5.10 Å². The Morgan fingerprint density at radius 3 is 2.61 bits per heavy atom. The number of alkyl halides is 5. The molecule has 41 heavy (non-hydrogen) atoms. The maximum Gasteiger partial charge on any atom is 0.423 e. The van der Waals surface area contributed by atoms with Gasteiger partial charge in [0.05, 0.1) is 47.5 Å². The molecule has 3 heterocycles. The molecule has 4 rings (SSSR count). The lowest BCUT2D eigenvalue weighted by Gasteiger charge is -2.22. The van der Waals surface area contributed by atoms with Gasteiger partial charge in [0.25, 0.3) is 11.1 Å². The molecule has 4 aromatic rings. The van der Waals surface area contributed by atoms with Crippen LogP contribution in [0.2, 0.25) is 5.02 Å². The molecule has 218 valence electrons. The van der Waals surface area contributed by atoms with E-state index in [1.165, 1.54) is 18.6 Å². The van der Waals surface area contributed by atoms with Crippen LogP contribution in [-0.2, 0) is 17.5 Å². The number of aromatic amines is 1. The Kier molecular flexibility index (Phi) is 8.77.